The van der Waals surface area contributed by atoms with Crippen molar-refractivity contribution in [2.75, 3.05) is 5.32 Å². The highest BCUT2D eigenvalue weighted by molar-refractivity contribution is 5.92. The lowest BCUT2D eigenvalue weighted by Gasteiger charge is -2.27. The molecule has 1 aliphatic rings. The molecule has 1 aliphatic carbocycles. The van der Waals surface area contributed by atoms with Gasteiger partial charge in [-0.05, 0) is 50.7 Å². The molecule has 0 bridgehead atoms. The Hall–Kier alpha value is -1.91. The van der Waals surface area contributed by atoms with Gasteiger partial charge in [0.1, 0.15) is 5.82 Å². The first-order valence-corrected chi connectivity index (χ1v) is 8.79. The molecule has 2 heterocycles. The van der Waals surface area contributed by atoms with Gasteiger partial charge in [-0.2, -0.15) is 5.10 Å². The minimum absolute atomic E-state index is 0.148. The topological polar surface area (TPSA) is 59.3 Å². The van der Waals surface area contributed by atoms with Gasteiger partial charge in [-0.1, -0.05) is 26.2 Å². The van der Waals surface area contributed by atoms with Crippen molar-refractivity contribution in [1.29, 1.82) is 0 Å². The van der Waals surface area contributed by atoms with Crippen molar-refractivity contribution in [2.24, 2.45) is 11.8 Å². The molecule has 124 valence electrons. The second-order valence-electron chi connectivity index (χ2n) is 6.73. The van der Waals surface area contributed by atoms with Crippen LogP contribution in [0.3, 0.4) is 0 Å². The summed E-state index contributed by atoms with van der Waals surface area (Å²) in [6, 6.07) is 3.78. The van der Waals surface area contributed by atoms with E-state index in [1.165, 1.54) is 32.1 Å². The van der Waals surface area contributed by atoms with Gasteiger partial charge in [0.25, 0.3) is 0 Å². The lowest BCUT2D eigenvalue weighted by Crippen LogP contribution is -2.27. The summed E-state index contributed by atoms with van der Waals surface area (Å²) in [5.41, 5.74) is 1.59. The maximum absolute atomic E-state index is 12.5. The van der Waals surface area contributed by atoms with Crippen LogP contribution in [0.15, 0.2) is 18.3 Å². The van der Waals surface area contributed by atoms with E-state index in [4.69, 9.17) is 0 Å². The van der Waals surface area contributed by atoms with Crippen LogP contribution in [0.4, 0.5) is 5.69 Å². The van der Waals surface area contributed by atoms with Gasteiger partial charge in [0.15, 0.2) is 5.65 Å². The standard InChI is InChI=1S/C18H26N4O/c1-3-4-5-14-6-8-15(9-7-14)18(23)20-16-10-11-17-19-13(2)21-22(17)12-16/h10-12,14-15H,3-9H2,1-2H3,(H,20,23). The largest absolute Gasteiger partial charge is 0.324 e. The van der Waals surface area contributed by atoms with E-state index in [-0.39, 0.29) is 11.8 Å². The fourth-order valence-electron chi connectivity index (χ4n) is 3.52. The molecule has 2 aromatic heterocycles. The highest BCUT2D eigenvalue weighted by Gasteiger charge is 2.26. The predicted molar refractivity (Wildman–Crippen MR) is 91.3 cm³/mol. The molecule has 1 fully saturated rings. The molecule has 1 amide bonds. The summed E-state index contributed by atoms with van der Waals surface area (Å²) in [5.74, 6) is 1.86. The van der Waals surface area contributed by atoms with Crippen LogP contribution in [0.1, 0.15) is 57.7 Å². The van der Waals surface area contributed by atoms with Gasteiger partial charge in [-0.3, -0.25) is 4.79 Å². The number of hydrogen-bond donors (Lipinski definition) is 1. The minimum atomic E-state index is 0.148. The Morgan fingerprint density at radius 1 is 1.30 bits per heavy atom. The minimum Gasteiger partial charge on any atom is -0.324 e. The number of aryl methyl sites for hydroxylation is 1. The number of anilines is 1. The van der Waals surface area contributed by atoms with Gasteiger partial charge in [0, 0.05) is 5.92 Å². The smallest absolute Gasteiger partial charge is 0.227 e. The summed E-state index contributed by atoms with van der Waals surface area (Å²) in [4.78, 5) is 16.8. The molecule has 0 spiro atoms. The molecular weight excluding hydrogens is 288 g/mol. The third-order valence-corrected chi connectivity index (χ3v) is 4.89. The molecule has 2 aromatic rings. The number of carbonyl (C=O) groups is 1. The second-order valence-corrected chi connectivity index (χ2v) is 6.73. The first-order valence-electron chi connectivity index (χ1n) is 8.79. The summed E-state index contributed by atoms with van der Waals surface area (Å²) in [6.45, 7) is 4.11. The zero-order valence-electron chi connectivity index (χ0n) is 14.1. The first kappa shape index (κ1) is 16.0. The molecule has 0 aromatic carbocycles. The maximum atomic E-state index is 12.5. The second kappa shape index (κ2) is 7.11. The molecule has 0 aliphatic heterocycles. The number of nitrogens with zero attached hydrogens (tertiary/aromatic N) is 3. The zero-order chi connectivity index (χ0) is 16.2. The first-order chi connectivity index (χ1) is 11.2. The average Bonchev–Trinajstić information content (AvgIpc) is 2.92. The highest BCUT2D eigenvalue weighted by Crippen LogP contribution is 2.32. The lowest BCUT2D eigenvalue weighted by molar-refractivity contribution is -0.121. The van der Waals surface area contributed by atoms with Gasteiger partial charge in [0.05, 0.1) is 11.9 Å². The Labute approximate surface area is 137 Å². The van der Waals surface area contributed by atoms with Gasteiger partial charge < -0.3 is 5.32 Å². The molecule has 23 heavy (non-hydrogen) atoms. The van der Waals surface area contributed by atoms with E-state index >= 15 is 0 Å². The van der Waals surface area contributed by atoms with Crippen LogP contribution in [0.25, 0.3) is 5.65 Å². The van der Waals surface area contributed by atoms with Crippen LogP contribution >= 0.6 is 0 Å². The molecular formula is C18H26N4O. The Balaban J connectivity index is 1.56. The van der Waals surface area contributed by atoms with E-state index in [0.717, 1.165) is 35.9 Å². The molecule has 0 unspecified atom stereocenters. The normalized spacial score (nSPS) is 21.5. The number of amides is 1. The highest BCUT2D eigenvalue weighted by atomic mass is 16.1. The van der Waals surface area contributed by atoms with Crippen molar-refractivity contribution in [3.63, 3.8) is 0 Å². The van der Waals surface area contributed by atoms with Gasteiger partial charge in [-0.15, -0.1) is 0 Å². The lowest BCUT2D eigenvalue weighted by atomic mass is 9.79. The van der Waals surface area contributed by atoms with Crippen molar-refractivity contribution in [3.8, 4) is 0 Å². The molecule has 0 saturated heterocycles. The van der Waals surface area contributed by atoms with Crippen molar-refractivity contribution in [3.05, 3.63) is 24.2 Å². The molecule has 5 heteroatoms. The van der Waals surface area contributed by atoms with Crippen molar-refractivity contribution in [1.82, 2.24) is 14.6 Å². The molecule has 3 rings (SSSR count). The number of hydrogen-bond acceptors (Lipinski definition) is 3. The summed E-state index contributed by atoms with van der Waals surface area (Å²) >= 11 is 0. The van der Waals surface area contributed by atoms with Crippen LogP contribution in [0.5, 0.6) is 0 Å². The quantitative estimate of drug-likeness (QED) is 0.908. The zero-order valence-corrected chi connectivity index (χ0v) is 14.1. The van der Waals surface area contributed by atoms with Crippen LogP contribution in [-0.2, 0) is 4.79 Å². The van der Waals surface area contributed by atoms with Crippen molar-refractivity contribution < 1.29 is 4.79 Å². The Bertz CT molecular complexity index is 671. The maximum Gasteiger partial charge on any atom is 0.227 e. The number of carbonyl (C=O) groups excluding carboxylic acids is 1. The van der Waals surface area contributed by atoms with Gasteiger partial charge in [-0.25, -0.2) is 9.50 Å². The third-order valence-electron chi connectivity index (χ3n) is 4.89. The monoisotopic (exact) mass is 314 g/mol. The number of rotatable bonds is 5. The van der Waals surface area contributed by atoms with Crippen molar-refractivity contribution in [2.45, 2.75) is 58.8 Å². The van der Waals surface area contributed by atoms with E-state index in [0.29, 0.717) is 0 Å². The predicted octanol–water partition coefficient (Wildman–Crippen LogP) is 3.97. The van der Waals surface area contributed by atoms with E-state index < -0.39 is 0 Å². The average molecular weight is 314 g/mol. The van der Waals surface area contributed by atoms with E-state index in [2.05, 4.69) is 22.3 Å². The van der Waals surface area contributed by atoms with Gasteiger partial charge >= 0.3 is 0 Å². The van der Waals surface area contributed by atoms with E-state index in [1.54, 1.807) is 4.52 Å². The Morgan fingerprint density at radius 2 is 2.09 bits per heavy atom. The molecule has 1 saturated carbocycles. The number of unbranched alkanes of at least 4 members (excludes halogenated alkanes) is 1. The number of fused-ring (bicyclic) bond motifs is 1. The van der Waals surface area contributed by atoms with Crippen LogP contribution in [0.2, 0.25) is 0 Å². The number of aromatic nitrogens is 3. The van der Waals surface area contributed by atoms with Gasteiger partial charge in [0.2, 0.25) is 5.91 Å². The Kier molecular flexibility index (Phi) is 4.94. The fraction of sp³-hybridized carbons (Fsp3) is 0.611. The van der Waals surface area contributed by atoms with Crippen LogP contribution in [-0.4, -0.2) is 20.5 Å². The Morgan fingerprint density at radius 3 is 2.83 bits per heavy atom. The number of nitrogens with one attached hydrogen (secondary N) is 1. The van der Waals surface area contributed by atoms with Crippen LogP contribution < -0.4 is 5.32 Å². The summed E-state index contributed by atoms with van der Waals surface area (Å²) in [7, 11) is 0. The van der Waals surface area contributed by atoms with Crippen LogP contribution in [0, 0.1) is 18.8 Å². The third kappa shape index (κ3) is 3.89. The summed E-state index contributed by atoms with van der Waals surface area (Å²) < 4.78 is 1.71. The van der Waals surface area contributed by atoms with Crippen molar-refractivity contribution >= 4 is 17.2 Å². The molecule has 5 nitrogen and oxygen atoms in total. The number of pyridine rings is 1. The molecule has 0 radical (unpaired) electrons. The molecule has 0 atom stereocenters. The van der Waals surface area contributed by atoms with E-state index in [1.807, 2.05) is 25.3 Å². The SMILES string of the molecule is CCCCC1CCC(C(=O)Nc2ccc3nc(C)nn3c2)CC1. The summed E-state index contributed by atoms with van der Waals surface area (Å²) in [6.07, 6.45) is 10.2. The van der Waals surface area contributed by atoms with E-state index in [9.17, 15) is 4.79 Å². The summed E-state index contributed by atoms with van der Waals surface area (Å²) in [5, 5.41) is 7.33. The fourth-order valence-corrected chi connectivity index (χ4v) is 3.52. The molecule has 1 N–H and O–H groups in total.